The lowest BCUT2D eigenvalue weighted by Crippen LogP contribution is -2.24. The first-order chi connectivity index (χ1) is 8.61. The third-order valence-electron chi connectivity index (χ3n) is 2.67. The lowest BCUT2D eigenvalue weighted by Gasteiger charge is -2.18. The van der Waals surface area contributed by atoms with Crippen LogP contribution in [0.2, 0.25) is 0 Å². The molecule has 6 heteroatoms. The van der Waals surface area contributed by atoms with Crippen LogP contribution in [0.4, 0.5) is 8.78 Å². The molecule has 1 heterocycles. The molecule has 1 N–H and O–H groups in total. The van der Waals surface area contributed by atoms with Gasteiger partial charge in [-0.1, -0.05) is 12.1 Å². The average molecular weight is 252 g/mol. The van der Waals surface area contributed by atoms with Gasteiger partial charge in [-0.05, 0) is 24.2 Å². The van der Waals surface area contributed by atoms with Gasteiger partial charge in [-0.3, -0.25) is 4.68 Å². The number of rotatable bonds is 4. The van der Waals surface area contributed by atoms with Crippen LogP contribution < -0.4 is 5.32 Å². The van der Waals surface area contributed by atoms with Crippen LogP contribution in [0.3, 0.4) is 0 Å². The first kappa shape index (κ1) is 12.6. The van der Waals surface area contributed by atoms with E-state index in [4.69, 9.17) is 0 Å². The van der Waals surface area contributed by atoms with Gasteiger partial charge in [0.05, 0.1) is 17.9 Å². The number of benzene rings is 1. The van der Waals surface area contributed by atoms with Crippen LogP contribution in [-0.2, 0) is 7.05 Å². The van der Waals surface area contributed by atoms with Gasteiger partial charge in [-0.2, -0.15) is 0 Å². The van der Waals surface area contributed by atoms with Crippen molar-refractivity contribution in [2.24, 2.45) is 7.05 Å². The fourth-order valence-electron chi connectivity index (χ4n) is 1.90. The molecule has 0 fully saturated rings. The molecule has 0 spiro atoms. The zero-order valence-corrected chi connectivity index (χ0v) is 10.2. The summed E-state index contributed by atoms with van der Waals surface area (Å²) in [5, 5.41) is 10.8. The summed E-state index contributed by atoms with van der Waals surface area (Å²) in [4.78, 5) is 0. The highest BCUT2D eigenvalue weighted by molar-refractivity contribution is 5.28. The Kier molecular flexibility index (Phi) is 3.66. The van der Waals surface area contributed by atoms with E-state index in [0.29, 0.717) is 12.1 Å². The quantitative estimate of drug-likeness (QED) is 0.902. The summed E-state index contributed by atoms with van der Waals surface area (Å²) < 4.78 is 28.1. The lowest BCUT2D eigenvalue weighted by atomic mass is 10.0. The van der Waals surface area contributed by atoms with Crippen molar-refractivity contribution in [1.29, 1.82) is 0 Å². The number of aromatic nitrogens is 3. The third-order valence-corrected chi connectivity index (χ3v) is 2.67. The van der Waals surface area contributed by atoms with Crippen LogP contribution in [0, 0.1) is 11.6 Å². The molecule has 0 bridgehead atoms. The SMILES string of the molecule is CCNC(c1cc(F)cc(F)c1)c1cnnn1C. The Morgan fingerprint density at radius 1 is 1.28 bits per heavy atom. The van der Waals surface area contributed by atoms with E-state index >= 15 is 0 Å². The molecule has 1 atom stereocenters. The Bertz CT molecular complexity index is 518. The first-order valence-electron chi connectivity index (χ1n) is 5.65. The largest absolute Gasteiger partial charge is 0.305 e. The molecule has 1 aromatic heterocycles. The number of aryl methyl sites for hydroxylation is 1. The van der Waals surface area contributed by atoms with Gasteiger partial charge in [0.15, 0.2) is 0 Å². The van der Waals surface area contributed by atoms with Crippen molar-refractivity contribution in [3.8, 4) is 0 Å². The van der Waals surface area contributed by atoms with Gasteiger partial charge in [0, 0.05) is 13.1 Å². The number of hydrogen-bond donors (Lipinski definition) is 1. The lowest BCUT2D eigenvalue weighted by molar-refractivity contribution is 0.545. The Hall–Kier alpha value is -1.82. The second-order valence-corrected chi connectivity index (χ2v) is 3.98. The van der Waals surface area contributed by atoms with Crippen molar-refractivity contribution in [1.82, 2.24) is 20.3 Å². The predicted molar refractivity (Wildman–Crippen MR) is 62.9 cm³/mol. The monoisotopic (exact) mass is 252 g/mol. The van der Waals surface area contributed by atoms with E-state index in [-0.39, 0.29) is 6.04 Å². The van der Waals surface area contributed by atoms with Gasteiger partial charge in [0.2, 0.25) is 0 Å². The van der Waals surface area contributed by atoms with Crippen molar-refractivity contribution in [3.63, 3.8) is 0 Å². The van der Waals surface area contributed by atoms with Crippen molar-refractivity contribution >= 4 is 0 Å². The number of hydrogen-bond acceptors (Lipinski definition) is 3. The Labute approximate surface area is 104 Å². The highest BCUT2D eigenvalue weighted by Gasteiger charge is 2.18. The summed E-state index contributed by atoms with van der Waals surface area (Å²) in [5.41, 5.74) is 1.27. The average Bonchev–Trinajstić information content (AvgIpc) is 2.71. The van der Waals surface area contributed by atoms with Crippen LogP contribution >= 0.6 is 0 Å². The molecule has 0 aliphatic carbocycles. The number of nitrogens with zero attached hydrogens (tertiary/aromatic N) is 3. The first-order valence-corrected chi connectivity index (χ1v) is 5.65. The molecule has 0 saturated heterocycles. The van der Waals surface area contributed by atoms with Gasteiger partial charge >= 0.3 is 0 Å². The molecule has 18 heavy (non-hydrogen) atoms. The smallest absolute Gasteiger partial charge is 0.126 e. The van der Waals surface area contributed by atoms with Crippen molar-refractivity contribution in [3.05, 3.63) is 47.3 Å². The van der Waals surface area contributed by atoms with E-state index in [1.807, 2.05) is 6.92 Å². The van der Waals surface area contributed by atoms with Crippen molar-refractivity contribution in [2.45, 2.75) is 13.0 Å². The van der Waals surface area contributed by atoms with Gasteiger partial charge in [0.25, 0.3) is 0 Å². The van der Waals surface area contributed by atoms with E-state index in [0.717, 1.165) is 11.8 Å². The summed E-state index contributed by atoms with van der Waals surface area (Å²) in [7, 11) is 1.74. The fraction of sp³-hybridized carbons (Fsp3) is 0.333. The molecule has 4 nitrogen and oxygen atoms in total. The molecule has 0 aliphatic heterocycles. The predicted octanol–water partition coefficient (Wildman–Crippen LogP) is 1.79. The molecule has 1 aromatic carbocycles. The van der Waals surface area contributed by atoms with Crippen molar-refractivity contribution < 1.29 is 8.78 Å². The van der Waals surface area contributed by atoms with E-state index in [1.54, 1.807) is 17.9 Å². The molecule has 2 rings (SSSR count). The molecule has 1 unspecified atom stereocenters. The van der Waals surface area contributed by atoms with E-state index in [1.165, 1.54) is 12.1 Å². The summed E-state index contributed by atoms with van der Waals surface area (Å²) in [6, 6.07) is 3.14. The molecule has 0 amide bonds. The van der Waals surface area contributed by atoms with Gasteiger partial charge in [-0.15, -0.1) is 5.10 Å². The van der Waals surface area contributed by atoms with Crippen LogP contribution in [-0.4, -0.2) is 21.5 Å². The van der Waals surface area contributed by atoms with Gasteiger partial charge in [-0.25, -0.2) is 8.78 Å². The fourth-order valence-corrected chi connectivity index (χ4v) is 1.90. The molecule has 0 saturated carbocycles. The molecule has 0 aliphatic rings. The Morgan fingerprint density at radius 2 is 1.94 bits per heavy atom. The highest BCUT2D eigenvalue weighted by atomic mass is 19.1. The Morgan fingerprint density at radius 3 is 2.44 bits per heavy atom. The van der Waals surface area contributed by atoms with Crippen LogP contribution in [0.5, 0.6) is 0 Å². The third kappa shape index (κ3) is 2.53. The minimum atomic E-state index is -0.594. The molecule has 0 radical (unpaired) electrons. The maximum absolute atomic E-state index is 13.3. The van der Waals surface area contributed by atoms with Gasteiger partial charge in [0.1, 0.15) is 11.6 Å². The van der Waals surface area contributed by atoms with Crippen molar-refractivity contribution in [2.75, 3.05) is 6.54 Å². The molecular formula is C12H14F2N4. The number of nitrogens with one attached hydrogen (secondary N) is 1. The molecular weight excluding hydrogens is 238 g/mol. The maximum Gasteiger partial charge on any atom is 0.126 e. The highest BCUT2D eigenvalue weighted by Crippen LogP contribution is 2.22. The summed E-state index contributed by atoms with van der Waals surface area (Å²) in [5.74, 6) is -1.19. The zero-order chi connectivity index (χ0) is 13.1. The van der Waals surface area contributed by atoms with Crippen LogP contribution in [0.25, 0.3) is 0 Å². The van der Waals surface area contributed by atoms with Crippen LogP contribution in [0.1, 0.15) is 24.2 Å². The summed E-state index contributed by atoms with van der Waals surface area (Å²) in [6.45, 7) is 2.58. The second kappa shape index (κ2) is 5.22. The Balaban J connectivity index is 2.44. The topological polar surface area (TPSA) is 42.7 Å². The van der Waals surface area contributed by atoms with E-state index in [9.17, 15) is 8.78 Å². The second-order valence-electron chi connectivity index (χ2n) is 3.98. The molecule has 2 aromatic rings. The zero-order valence-electron chi connectivity index (χ0n) is 10.2. The molecule has 96 valence electrons. The summed E-state index contributed by atoms with van der Waals surface area (Å²) >= 11 is 0. The van der Waals surface area contributed by atoms with E-state index in [2.05, 4.69) is 15.6 Å². The van der Waals surface area contributed by atoms with E-state index < -0.39 is 11.6 Å². The van der Waals surface area contributed by atoms with Gasteiger partial charge < -0.3 is 5.32 Å². The normalized spacial score (nSPS) is 12.7. The minimum absolute atomic E-state index is 0.333. The van der Waals surface area contributed by atoms with Crippen LogP contribution in [0.15, 0.2) is 24.4 Å². The summed E-state index contributed by atoms with van der Waals surface area (Å²) in [6.07, 6.45) is 1.58. The minimum Gasteiger partial charge on any atom is -0.305 e. The number of halogens is 2. The maximum atomic E-state index is 13.3. The standard InChI is InChI=1S/C12H14F2N4/c1-3-15-12(11-7-16-17-18(11)2)8-4-9(13)6-10(14)5-8/h4-7,12,15H,3H2,1-2H3.